The minimum Gasteiger partial charge on any atom is -0.355 e. The quantitative estimate of drug-likeness (QED) is 0.322. The van der Waals surface area contributed by atoms with Crippen LogP contribution >= 0.6 is 11.3 Å². The molecule has 0 atom stereocenters. The standard InChI is InChI=1S/C28H23F2N5OS/c1-34-8-10-35(11-9-34)28(36)20-15-22(29)19(14-23(20)30)17-2-4-24-21(12-17)25(6-7-31-24)33-18-3-5-27-26(13-18)32-16-37-27/h2-7,12-16H,8-11H2,1H3,(H,31,33). The van der Waals surface area contributed by atoms with Gasteiger partial charge in [0.05, 0.1) is 26.8 Å². The van der Waals surface area contributed by atoms with E-state index in [1.54, 1.807) is 46.1 Å². The Morgan fingerprint density at radius 3 is 2.59 bits per heavy atom. The number of rotatable bonds is 4. The molecule has 1 saturated heterocycles. The lowest BCUT2D eigenvalue weighted by molar-refractivity contribution is 0.0659. The summed E-state index contributed by atoms with van der Waals surface area (Å²) in [4.78, 5) is 25.3. The smallest absolute Gasteiger partial charge is 0.257 e. The number of likely N-dealkylation sites (N-methyl/N-ethyl adjacent to an activating group) is 1. The SMILES string of the molecule is CN1CCN(C(=O)c2cc(F)c(-c3ccc4nccc(Nc5ccc6scnc6c5)c4c3)cc2F)CC1. The summed E-state index contributed by atoms with van der Waals surface area (Å²) in [6.45, 7) is 2.38. The number of hydrogen-bond donors (Lipinski definition) is 1. The third-order valence-corrected chi connectivity index (χ3v) is 7.55. The van der Waals surface area contributed by atoms with Crippen LogP contribution in [0.1, 0.15) is 10.4 Å². The molecule has 3 aromatic carbocycles. The molecule has 6 rings (SSSR count). The van der Waals surface area contributed by atoms with Crippen LogP contribution in [0.4, 0.5) is 20.2 Å². The van der Waals surface area contributed by atoms with E-state index in [0.717, 1.165) is 39.1 Å². The minimum atomic E-state index is -0.735. The molecule has 5 aromatic rings. The van der Waals surface area contributed by atoms with Crippen LogP contribution in [0.5, 0.6) is 0 Å². The second-order valence-electron chi connectivity index (χ2n) is 9.16. The lowest BCUT2D eigenvalue weighted by Gasteiger charge is -2.32. The first kappa shape index (κ1) is 23.4. The van der Waals surface area contributed by atoms with Crippen LogP contribution in [0.15, 0.2) is 66.3 Å². The molecular weight excluding hydrogens is 492 g/mol. The largest absolute Gasteiger partial charge is 0.355 e. The monoisotopic (exact) mass is 515 g/mol. The van der Waals surface area contributed by atoms with Gasteiger partial charge in [-0.2, -0.15) is 0 Å². The number of amides is 1. The molecule has 2 aromatic heterocycles. The van der Waals surface area contributed by atoms with Gasteiger partial charge in [0.1, 0.15) is 11.6 Å². The van der Waals surface area contributed by atoms with Crippen molar-refractivity contribution in [3.63, 3.8) is 0 Å². The summed E-state index contributed by atoms with van der Waals surface area (Å²) in [5, 5.41) is 4.16. The maximum Gasteiger partial charge on any atom is 0.257 e. The number of benzene rings is 3. The van der Waals surface area contributed by atoms with Crippen LogP contribution in [0, 0.1) is 11.6 Å². The van der Waals surface area contributed by atoms with Crippen molar-refractivity contribution < 1.29 is 13.6 Å². The second kappa shape index (κ2) is 9.49. The maximum atomic E-state index is 15.3. The number of hydrogen-bond acceptors (Lipinski definition) is 6. The van der Waals surface area contributed by atoms with Crippen molar-refractivity contribution in [1.29, 1.82) is 0 Å². The predicted octanol–water partition coefficient (Wildman–Crippen LogP) is 5.92. The molecule has 1 aliphatic rings. The Hall–Kier alpha value is -3.95. The van der Waals surface area contributed by atoms with E-state index in [1.807, 2.05) is 31.3 Å². The normalized spacial score (nSPS) is 14.4. The number of carbonyl (C=O) groups is 1. The zero-order valence-corrected chi connectivity index (χ0v) is 20.9. The lowest BCUT2D eigenvalue weighted by atomic mass is 9.99. The Bertz CT molecular complexity index is 1650. The molecule has 1 fully saturated rings. The van der Waals surface area contributed by atoms with Gasteiger partial charge in [-0.05, 0) is 61.1 Å². The first-order chi connectivity index (χ1) is 18.0. The Morgan fingerprint density at radius 1 is 0.919 bits per heavy atom. The highest BCUT2D eigenvalue weighted by molar-refractivity contribution is 7.16. The molecule has 0 aliphatic carbocycles. The molecule has 0 radical (unpaired) electrons. The van der Waals surface area contributed by atoms with Crippen LogP contribution < -0.4 is 5.32 Å². The number of fused-ring (bicyclic) bond motifs is 2. The first-order valence-electron chi connectivity index (χ1n) is 11.9. The van der Waals surface area contributed by atoms with Crippen LogP contribution in [-0.2, 0) is 0 Å². The van der Waals surface area contributed by atoms with Gasteiger partial charge < -0.3 is 15.1 Å². The Morgan fingerprint density at radius 2 is 1.76 bits per heavy atom. The Balaban J connectivity index is 1.34. The van der Waals surface area contributed by atoms with Crippen molar-refractivity contribution in [2.24, 2.45) is 0 Å². The molecule has 0 bridgehead atoms. The fraction of sp³-hybridized carbons (Fsp3) is 0.179. The van der Waals surface area contributed by atoms with Gasteiger partial charge >= 0.3 is 0 Å². The van der Waals surface area contributed by atoms with Gasteiger partial charge in [-0.15, -0.1) is 11.3 Å². The third-order valence-electron chi connectivity index (χ3n) is 6.74. The molecule has 6 nitrogen and oxygen atoms in total. The average Bonchev–Trinajstić information content (AvgIpc) is 3.38. The molecule has 1 amide bonds. The van der Waals surface area contributed by atoms with Crippen LogP contribution in [-0.4, -0.2) is 58.9 Å². The molecule has 37 heavy (non-hydrogen) atoms. The summed E-state index contributed by atoms with van der Waals surface area (Å²) in [6, 6.07) is 15.2. The molecule has 9 heteroatoms. The summed E-state index contributed by atoms with van der Waals surface area (Å²) >= 11 is 1.58. The summed E-state index contributed by atoms with van der Waals surface area (Å²) in [6.07, 6.45) is 1.70. The van der Waals surface area contributed by atoms with E-state index >= 15 is 8.78 Å². The molecule has 186 valence electrons. The van der Waals surface area contributed by atoms with Crippen molar-refractivity contribution in [2.75, 3.05) is 38.5 Å². The van der Waals surface area contributed by atoms with E-state index in [9.17, 15) is 4.79 Å². The number of pyridine rings is 1. The van der Waals surface area contributed by atoms with Gasteiger partial charge in [0, 0.05) is 54.7 Å². The minimum absolute atomic E-state index is 0.0908. The van der Waals surface area contributed by atoms with Crippen LogP contribution in [0.25, 0.3) is 32.2 Å². The summed E-state index contributed by atoms with van der Waals surface area (Å²) in [5.74, 6) is -1.87. The summed E-state index contributed by atoms with van der Waals surface area (Å²) < 4.78 is 31.5. The fourth-order valence-corrected chi connectivity index (χ4v) is 5.28. The molecule has 0 unspecified atom stereocenters. The Labute approximate surface area is 216 Å². The van der Waals surface area contributed by atoms with Crippen LogP contribution in [0.3, 0.4) is 0 Å². The Kier molecular flexibility index (Phi) is 6.02. The highest BCUT2D eigenvalue weighted by atomic mass is 32.1. The predicted molar refractivity (Wildman–Crippen MR) is 143 cm³/mol. The number of carbonyl (C=O) groups excluding carboxylic acids is 1. The van der Waals surface area contributed by atoms with Crippen LogP contribution in [0.2, 0.25) is 0 Å². The number of thiazole rings is 1. The number of nitrogens with one attached hydrogen (secondary N) is 1. The molecule has 3 heterocycles. The van der Waals surface area contributed by atoms with Crippen molar-refractivity contribution in [1.82, 2.24) is 19.8 Å². The second-order valence-corrected chi connectivity index (χ2v) is 10.0. The molecule has 0 saturated carbocycles. The van der Waals surface area contributed by atoms with E-state index in [1.165, 1.54) is 0 Å². The molecule has 1 aliphatic heterocycles. The van der Waals surface area contributed by atoms with Gasteiger partial charge in [-0.1, -0.05) is 6.07 Å². The maximum absolute atomic E-state index is 15.3. The lowest BCUT2D eigenvalue weighted by Crippen LogP contribution is -2.47. The van der Waals surface area contributed by atoms with Gasteiger partial charge in [0.2, 0.25) is 0 Å². The molecule has 0 spiro atoms. The van der Waals surface area contributed by atoms with Gasteiger partial charge in [-0.25, -0.2) is 13.8 Å². The van der Waals surface area contributed by atoms with Gasteiger partial charge in [0.15, 0.2) is 0 Å². The zero-order chi connectivity index (χ0) is 25.5. The number of piperazine rings is 1. The van der Waals surface area contributed by atoms with E-state index in [-0.39, 0.29) is 11.1 Å². The zero-order valence-electron chi connectivity index (χ0n) is 20.0. The summed E-state index contributed by atoms with van der Waals surface area (Å²) in [5.41, 5.74) is 5.41. The first-order valence-corrected chi connectivity index (χ1v) is 12.8. The topological polar surface area (TPSA) is 61.4 Å². The molecule has 1 N–H and O–H groups in total. The van der Waals surface area contributed by atoms with Crippen molar-refractivity contribution in [3.05, 3.63) is 83.5 Å². The fourth-order valence-electron chi connectivity index (χ4n) is 4.63. The van der Waals surface area contributed by atoms with Gasteiger partial charge in [-0.3, -0.25) is 9.78 Å². The number of halogens is 2. The van der Waals surface area contributed by atoms with Crippen molar-refractivity contribution in [3.8, 4) is 11.1 Å². The molecular formula is C28H23F2N5OS. The van der Waals surface area contributed by atoms with E-state index in [0.29, 0.717) is 37.3 Å². The number of aromatic nitrogens is 2. The van der Waals surface area contributed by atoms with Crippen molar-refractivity contribution in [2.45, 2.75) is 0 Å². The van der Waals surface area contributed by atoms with Gasteiger partial charge in [0.25, 0.3) is 5.91 Å². The highest BCUT2D eigenvalue weighted by Gasteiger charge is 2.24. The number of nitrogens with zero attached hydrogens (tertiary/aromatic N) is 4. The summed E-state index contributed by atoms with van der Waals surface area (Å²) in [7, 11) is 1.97. The van der Waals surface area contributed by atoms with Crippen molar-refractivity contribution >= 4 is 49.7 Å². The third kappa shape index (κ3) is 4.52. The highest BCUT2D eigenvalue weighted by Crippen LogP contribution is 2.33. The van der Waals surface area contributed by atoms with E-state index in [2.05, 4.69) is 20.2 Å². The number of anilines is 2. The van der Waals surface area contributed by atoms with E-state index in [4.69, 9.17) is 0 Å². The average molecular weight is 516 g/mol. The van der Waals surface area contributed by atoms with E-state index < -0.39 is 17.5 Å².